The fourth-order valence-corrected chi connectivity index (χ4v) is 6.90. The molecule has 2 heterocycles. The first-order valence-corrected chi connectivity index (χ1v) is 14.2. The molecule has 0 saturated carbocycles. The summed E-state index contributed by atoms with van der Waals surface area (Å²) in [4.78, 5) is 15.3. The third-order valence-electron chi connectivity index (χ3n) is 7.26. The van der Waals surface area contributed by atoms with Crippen molar-refractivity contribution >= 4 is 27.3 Å². The molecular weight excluding hydrogens is 490 g/mol. The molecule has 0 spiro atoms. The maximum absolute atomic E-state index is 13.8. The van der Waals surface area contributed by atoms with Crippen LogP contribution in [0.4, 0.5) is 11.4 Å². The van der Waals surface area contributed by atoms with Crippen molar-refractivity contribution in [3.63, 3.8) is 0 Å². The zero-order valence-corrected chi connectivity index (χ0v) is 21.2. The minimum absolute atomic E-state index is 0.123. The molecule has 1 fully saturated rings. The molecule has 3 aliphatic rings. The second-order valence-corrected chi connectivity index (χ2v) is 11.3. The third-order valence-corrected chi connectivity index (χ3v) is 8.76. The number of carbonyl (C=O) groups excluding carboxylic acids is 1. The maximum Gasteiger partial charge on any atom is 0.255 e. The number of amides is 1. The molecule has 6 rings (SSSR count). The van der Waals surface area contributed by atoms with Crippen molar-refractivity contribution in [1.29, 1.82) is 0 Å². The van der Waals surface area contributed by atoms with E-state index in [1.165, 1.54) is 5.56 Å². The highest BCUT2D eigenvalue weighted by molar-refractivity contribution is 7.89. The number of nitrogens with one attached hydrogen (secondary N) is 2. The van der Waals surface area contributed by atoms with Crippen LogP contribution in [0, 0.1) is 0 Å². The first-order chi connectivity index (χ1) is 18.0. The van der Waals surface area contributed by atoms with Crippen molar-refractivity contribution in [2.75, 3.05) is 30.1 Å². The standard InChI is InChI=1S/C28H29N3O5S/c32-28(20-10-13-25-26(16-20)36-18-35-25)29-21-11-12-24(31-14-3-4-15-31)27(17-21)37(33,34)30-23-9-5-7-19-6-1-2-8-22(19)23/h1-2,6,8,10-13,16-17,23,30H,3-5,7,9,14-15,18H2,(H,29,32). The van der Waals surface area contributed by atoms with Gasteiger partial charge in [0.2, 0.25) is 16.8 Å². The second kappa shape index (κ2) is 9.72. The molecule has 3 aromatic carbocycles. The summed E-state index contributed by atoms with van der Waals surface area (Å²) in [5, 5.41) is 2.85. The number of sulfonamides is 1. The predicted octanol–water partition coefficient (Wildman–Crippen LogP) is 4.62. The van der Waals surface area contributed by atoms with E-state index < -0.39 is 10.0 Å². The van der Waals surface area contributed by atoms with Crippen molar-refractivity contribution in [3.8, 4) is 11.5 Å². The summed E-state index contributed by atoms with van der Waals surface area (Å²) in [6.07, 6.45) is 4.66. The summed E-state index contributed by atoms with van der Waals surface area (Å²) >= 11 is 0. The van der Waals surface area contributed by atoms with Gasteiger partial charge in [0.05, 0.1) is 5.69 Å². The predicted molar refractivity (Wildman–Crippen MR) is 141 cm³/mol. The van der Waals surface area contributed by atoms with Crippen LogP contribution in [0.1, 0.15) is 53.2 Å². The van der Waals surface area contributed by atoms with Crippen molar-refractivity contribution in [2.45, 2.75) is 43.0 Å². The number of hydrogen-bond donors (Lipinski definition) is 2. The normalized spacial score (nSPS) is 18.5. The van der Waals surface area contributed by atoms with E-state index in [9.17, 15) is 13.2 Å². The maximum atomic E-state index is 13.8. The fraction of sp³-hybridized carbons (Fsp3) is 0.321. The Morgan fingerprint density at radius 3 is 2.59 bits per heavy atom. The SMILES string of the molecule is O=C(Nc1ccc(N2CCCC2)c(S(=O)(=O)NC2CCCc3ccccc32)c1)c1ccc2c(c1)OCO2. The van der Waals surface area contributed by atoms with Crippen LogP contribution in [0.2, 0.25) is 0 Å². The highest BCUT2D eigenvalue weighted by atomic mass is 32.2. The molecule has 1 saturated heterocycles. The molecule has 0 radical (unpaired) electrons. The number of rotatable bonds is 6. The monoisotopic (exact) mass is 519 g/mol. The molecule has 1 unspecified atom stereocenters. The Hall–Kier alpha value is -3.56. The summed E-state index contributed by atoms with van der Waals surface area (Å²) < 4.78 is 41.4. The van der Waals surface area contributed by atoms with Gasteiger partial charge in [-0.25, -0.2) is 13.1 Å². The number of ether oxygens (including phenoxy) is 2. The van der Waals surface area contributed by atoms with Crippen molar-refractivity contribution < 1.29 is 22.7 Å². The fourth-order valence-electron chi connectivity index (χ4n) is 5.39. The number of nitrogens with zero attached hydrogens (tertiary/aromatic N) is 1. The van der Waals surface area contributed by atoms with Gasteiger partial charge >= 0.3 is 0 Å². The smallest absolute Gasteiger partial charge is 0.255 e. The Morgan fingerprint density at radius 1 is 0.919 bits per heavy atom. The minimum atomic E-state index is -3.88. The Morgan fingerprint density at radius 2 is 1.73 bits per heavy atom. The minimum Gasteiger partial charge on any atom is -0.454 e. The van der Waals surface area contributed by atoms with Crippen molar-refractivity contribution in [1.82, 2.24) is 4.72 Å². The number of benzene rings is 3. The summed E-state index contributed by atoms with van der Waals surface area (Å²) in [5.41, 5.74) is 3.69. The lowest BCUT2D eigenvalue weighted by atomic mass is 9.88. The molecule has 0 bridgehead atoms. The Labute approximate surface area is 216 Å². The van der Waals surface area contributed by atoms with Gasteiger partial charge in [0, 0.05) is 30.4 Å². The highest BCUT2D eigenvalue weighted by Gasteiger charge is 2.30. The largest absolute Gasteiger partial charge is 0.454 e. The number of fused-ring (bicyclic) bond motifs is 2. The van der Waals surface area contributed by atoms with Gasteiger partial charge in [-0.15, -0.1) is 0 Å². The first-order valence-electron chi connectivity index (χ1n) is 12.7. The van der Waals surface area contributed by atoms with E-state index >= 15 is 0 Å². The van der Waals surface area contributed by atoms with E-state index in [1.807, 2.05) is 18.2 Å². The zero-order valence-electron chi connectivity index (χ0n) is 20.4. The summed E-state index contributed by atoms with van der Waals surface area (Å²) in [7, 11) is -3.88. The number of hydrogen-bond acceptors (Lipinski definition) is 6. The Bertz CT molecular complexity index is 1450. The zero-order chi connectivity index (χ0) is 25.4. The molecule has 8 nitrogen and oxygen atoms in total. The first kappa shape index (κ1) is 23.8. The van der Waals surface area contributed by atoms with E-state index in [1.54, 1.807) is 36.4 Å². The van der Waals surface area contributed by atoms with Crippen molar-refractivity contribution in [2.24, 2.45) is 0 Å². The molecule has 2 aliphatic heterocycles. The molecule has 37 heavy (non-hydrogen) atoms. The van der Waals surface area contributed by atoms with Crippen LogP contribution in [0.5, 0.6) is 11.5 Å². The quantitative estimate of drug-likeness (QED) is 0.493. The third kappa shape index (κ3) is 4.76. The van der Waals surface area contributed by atoms with Gasteiger partial charge in [0.1, 0.15) is 4.90 Å². The summed E-state index contributed by atoms with van der Waals surface area (Å²) in [5.74, 6) is 0.747. The lowest BCUT2D eigenvalue weighted by Crippen LogP contribution is -2.32. The molecule has 1 aliphatic carbocycles. The summed E-state index contributed by atoms with van der Waals surface area (Å²) in [6, 6.07) is 17.8. The van der Waals surface area contributed by atoms with Gasteiger partial charge in [0.25, 0.3) is 5.91 Å². The molecule has 0 aromatic heterocycles. The molecule has 192 valence electrons. The van der Waals surface area contributed by atoms with Gasteiger partial charge in [-0.3, -0.25) is 4.79 Å². The lowest BCUT2D eigenvalue weighted by molar-refractivity contribution is 0.102. The average Bonchev–Trinajstić information content (AvgIpc) is 3.61. The molecule has 3 aromatic rings. The van der Waals surface area contributed by atoms with Gasteiger partial charge in [-0.1, -0.05) is 24.3 Å². The van der Waals surface area contributed by atoms with Crippen LogP contribution in [-0.2, 0) is 16.4 Å². The van der Waals surface area contributed by atoms with Crippen LogP contribution in [-0.4, -0.2) is 34.2 Å². The molecular formula is C28H29N3O5S. The van der Waals surface area contributed by atoms with E-state index in [-0.39, 0.29) is 23.6 Å². The second-order valence-electron chi connectivity index (χ2n) is 9.66. The summed E-state index contributed by atoms with van der Waals surface area (Å²) in [6.45, 7) is 1.73. The van der Waals surface area contributed by atoms with Gasteiger partial charge in [-0.2, -0.15) is 0 Å². The van der Waals surface area contributed by atoms with Crippen LogP contribution in [0.3, 0.4) is 0 Å². The molecule has 1 atom stereocenters. The van der Waals surface area contributed by atoms with Crippen molar-refractivity contribution in [3.05, 3.63) is 77.4 Å². The lowest BCUT2D eigenvalue weighted by Gasteiger charge is -2.28. The number of aryl methyl sites for hydroxylation is 1. The van der Waals surface area contributed by atoms with Gasteiger partial charge in [0.15, 0.2) is 11.5 Å². The number of anilines is 2. The molecule has 9 heteroatoms. The average molecular weight is 520 g/mol. The van der Waals surface area contributed by atoms with E-state index in [0.717, 1.165) is 50.8 Å². The Kier molecular flexibility index (Phi) is 6.26. The highest BCUT2D eigenvalue weighted by Crippen LogP contribution is 2.36. The molecule has 1 amide bonds. The van der Waals surface area contributed by atoms with Crippen LogP contribution in [0.15, 0.2) is 65.6 Å². The molecule has 2 N–H and O–H groups in total. The van der Waals surface area contributed by atoms with Crippen LogP contribution < -0.4 is 24.4 Å². The Balaban J connectivity index is 1.31. The number of carbonyl (C=O) groups is 1. The van der Waals surface area contributed by atoms with Gasteiger partial charge in [-0.05, 0) is 79.6 Å². The van der Waals surface area contributed by atoms with E-state index in [0.29, 0.717) is 28.4 Å². The van der Waals surface area contributed by atoms with Gasteiger partial charge < -0.3 is 19.7 Å². The topological polar surface area (TPSA) is 97.0 Å². The van der Waals surface area contributed by atoms with Crippen LogP contribution in [0.25, 0.3) is 0 Å². The van der Waals surface area contributed by atoms with Crippen LogP contribution >= 0.6 is 0 Å². The van der Waals surface area contributed by atoms with E-state index in [4.69, 9.17) is 9.47 Å². The van der Waals surface area contributed by atoms with E-state index in [2.05, 4.69) is 21.0 Å².